The average Bonchev–Trinajstić information content (AvgIpc) is 2.74. The van der Waals surface area contributed by atoms with Crippen molar-refractivity contribution in [3.8, 4) is 0 Å². The van der Waals surface area contributed by atoms with Gasteiger partial charge >= 0.3 is 6.09 Å². The highest BCUT2D eigenvalue weighted by atomic mass is 32.2. The number of H-pyrrole nitrogens is 1. The Kier molecular flexibility index (Phi) is 6.32. The molecule has 1 aromatic rings. The Bertz CT molecular complexity index is 401. The maximum absolute atomic E-state index is 11.8. The standard InChI is InChI=1S/C13H24N4O2S/c1-9(2)6-10(7-20-11-14-8-15-17-11)16-12(18)19-13(3,4)5/h8-10H,6-7H2,1-5H3,(H,16,18)(H,14,15,17)/t10-/m0/s1. The molecule has 1 amide bonds. The van der Waals surface area contributed by atoms with E-state index in [-0.39, 0.29) is 12.1 Å². The van der Waals surface area contributed by atoms with Crippen LogP contribution in [-0.4, -0.2) is 38.7 Å². The second-order valence-corrected chi connectivity index (χ2v) is 7.08. The molecule has 114 valence electrons. The van der Waals surface area contributed by atoms with Crippen molar-refractivity contribution in [2.24, 2.45) is 5.92 Å². The van der Waals surface area contributed by atoms with Gasteiger partial charge in [-0.25, -0.2) is 9.78 Å². The molecule has 0 fully saturated rings. The molecule has 0 aliphatic rings. The third-order valence-corrected chi connectivity index (χ3v) is 3.33. The molecule has 6 nitrogen and oxygen atoms in total. The number of amides is 1. The fraction of sp³-hybridized carbons (Fsp3) is 0.769. The first-order chi connectivity index (χ1) is 9.26. The molecule has 1 heterocycles. The lowest BCUT2D eigenvalue weighted by atomic mass is 10.1. The van der Waals surface area contributed by atoms with Crippen LogP contribution in [0.3, 0.4) is 0 Å². The number of aromatic amines is 1. The number of hydrogen-bond acceptors (Lipinski definition) is 5. The second kappa shape index (κ2) is 7.52. The lowest BCUT2D eigenvalue weighted by Gasteiger charge is -2.24. The molecule has 0 aliphatic carbocycles. The zero-order valence-electron chi connectivity index (χ0n) is 12.8. The SMILES string of the molecule is CC(C)C[C@@H](CSc1ncn[nH]1)NC(=O)OC(C)(C)C. The highest BCUT2D eigenvalue weighted by Crippen LogP contribution is 2.17. The first-order valence-electron chi connectivity index (χ1n) is 6.74. The van der Waals surface area contributed by atoms with Crippen molar-refractivity contribution in [1.29, 1.82) is 0 Å². The summed E-state index contributed by atoms with van der Waals surface area (Å²) in [5.41, 5.74) is -0.482. The lowest BCUT2D eigenvalue weighted by molar-refractivity contribution is 0.0505. The molecular weight excluding hydrogens is 276 g/mol. The summed E-state index contributed by atoms with van der Waals surface area (Å²) in [6.07, 6.45) is 1.99. The number of alkyl carbamates (subject to hydrolysis) is 1. The second-order valence-electron chi connectivity index (χ2n) is 6.07. The minimum absolute atomic E-state index is 0.0416. The van der Waals surface area contributed by atoms with Gasteiger partial charge in [-0.3, -0.25) is 5.10 Å². The zero-order valence-corrected chi connectivity index (χ0v) is 13.6. The van der Waals surface area contributed by atoms with E-state index >= 15 is 0 Å². The van der Waals surface area contributed by atoms with Crippen LogP contribution in [0.4, 0.5) is 4.79 Å². The Morgan fingerprint density at radius 1 is 1.50 bits per heavy atom. The number of carbonyl (C=O) groups is 1. The van der Waals surface area contributed by atoms with Crippen LogP contribution in [-0.2, 0) is 4.74 Å². The van der Waals surface area contributed by atoms with E-state index < -0.39 is 5.60 Å². The van der Waals surface area contributed by atoms with Crippen molar-refractivity contribution in [2.45, 2.75) is 57.8 Å². The Hall–Kier alpha value is -1.24. The highest BCUT2D eigenvalue weighted by molar-refractivity contribution is 7.99. The molecule has 0 spiro atoms. The molecule has 7 heteroatoms. The number of thioether (sulfide) groups is 1. The largest absolute Gasteiger partial charge is 0.444 e. The number of ether oxygens (including phenoxy) is 1. The van der Waals surface area contributed by atoms with E-state index in [0.717, 1.165) is 17.3 Å². The maximum atomic E-state index is 11.8. The molecule has 0 aliphatic heterocycles. The van der Waals surface area contributed by atoms with Crippen LogP contribution < -0.4 is 5.32 Å². The van der Waals surface area contributed by atoms with Crippen LogP contribution in [0.5, 0.6) is 0 Å². The van der Waals surface area contributed by atoms with Crippen LogP contribution in [0, 0.1) is 5.92 Å². The molecule has 0 saturated heterocycles. The fourth-order valence-electron chi connectivity index (χ4n) is 1.66. The van der Waals surface area contributed by atoms with Crippen LogP contribution >= 0.6 is 11.8 Å². The van der Waals surface area contributed by atoms with Gasteiger partial charge in [0.05, 0.1) is 0 Å². The van der Waals surface area contributed by atoms with Crippen molar-refractivity contribution in [1.82, 2.24) is 20.5 Å². The molecule has 0 unspecified atom stereocenters. The molecule has 2 N–H and O–H groups in total. The van der Waals surface area contributed by atoms with E-state index in [4.69, 9.17) is 4.74 Å². The Morgan fingerprint density at radius 2 is 2.20 bits per heavy atom. The van der Waals surface area contributed by atoms with Crippen LogP contribution in [0.25, 0.3) is 0 Å². The summed E-state index contributed by atoms with van der Waals surface area (Å²) in [7, 11) is 0. The Morgan fingerprint density at radius 3 is 2.70 bits per heavy atom. The van der Waals surface area contributed by atoms with Crippen molar-refractivity contribution in [3.63, 3.8) is 0 Å². The van der Waals surface area contributed by atoms with E-state index in [9.17, 15) is 4.79 Å². The van der Waals surface area contributed by atoms with Gasteiger partial charge in [0, 0.05) is 11.8 Å². The predicted molar refractivity (Wildman–Crippen MR) is 79.7 cm³/mol. The number of rotatable bonds is 6. The van der Waals surface area contributed by atoms with Gasteiger partial charge in [0.2, 0.25) is 0 Å². The minimum atomic E-state index is -0.482. The van der Waals surface area contributed by atoms with Crippen LogP contribution in [0.1, 0.15) is 41.0 Å². The third-order valence-electron chi connectivity index (χ3n) is 2.29. The van der Waals surface area contributed by atoms with E-state index in [1.807, 2.05) is 20.8 Å². The van der Waals surface area contributed by atoms with Crippen molar-refractivity contribution in [3.05, 3.63) is 6.33 Å². The van der Waals surface area contributed by atoms with Gasteiger partial charge in [-0.2, -0.15) is 5.10 Å². The van der Waals surface area contributed by atoms with Crippen molar-refractivity contribution >= 4 is 17.9 Å². The predicted octanol–water partition coefficient (Wildman–Crippen LogP) is 2.84. The number of nitrogens with one attached hydrogen (secondary N) is 2. The van der Waals surface area contributed by atoms with Gasteiger partial charge in [-0.05, 0) is 33.1 Å². The van der Waals surface area contributed by atoms with E-state index in [1.54, 1.807) is 0 Å². The molecular formula is C13H24N4O2S. The number of nitrogens with zero attached hydrogens (tertiary/aromatic N) is 2. The van der Waals surface area contributed by atoms with Crippen molar-refractivity contribution < 1.29 is 9.53 Å². The summed E-state index contributed by atoms with van der Waals surface area (Å²) in [6, 6.07) is 0.0416. The summed E-state index contributed by atoms with van der Waals surface area (Å²) in [4.78, 5) is 15.9. The van der Waals surface area contributed by atoms with Gasteiger partial charge in [-0.1, -0.05) is 25.6 Å². The van der Waals surface area contributed by atoms with E-state index in [0.29, 0.717) is 5.92 Å². The highest BCUT2D eigenvalue weighted by Gasteiger charge is 2.20. The molecule has 1 aromatic heterocycles. The normalized spacial score (nSPS) is 13.3. The molecule has 0 aromatic carbocycles. The summed E-state index contributed by atoms with van der Waals surface area (Å²) < 4.78 is 5.29. The summed E-state index contributed by atoms with van der Waals surface area (Å²) in [6.45, 7) is 9.82. The number of aromatic nitrogens is 3. The van der Waals surface area contributed by atoms with E-state index in [1.165, 1.54) is 18.1 Å². The Balaban J connectivity index is 2.48. The Labute approximate surface area is 124 Å². The number of hydrogen-bond donors (Lipinski definition) is 2. The molecule has 0 bridgehead atoms. The molecule has 0 saturated carbocycles. The number of carbonyl (C=O) groups excluding carboxylic acids is 1. The van der Waals surface area contributed by atoms with Gasteiger partial charge in [0.25, 0.3) is 0 Å². The fourth-order valence-corrected chi connectivity index (χ4v) is 2.47. The summed E-state index contributed by atoms with van der Waals surface area (Å²) in [5.74, 6) is 1.22. The topological polar surface area (TPSA) is 79.9 Å². The first-order valence-corrected chi connectivity index (χ1v) is 7.72. The average molecular weight is 300 g/mol. The monoisotopic (exact) mass is 300 g/mol. The molecule has 1 atom stereocenters. The van der Waals surface area contributed by atoms with Gasteiger partial charge in [0.15, 0.2) is 5.16 Å². The molecule has 20 heavy (non-hydrogen) atoms. The molecule has 1 rings (SSSR count). The van der Waals surface area contributed by atoms with Crippen LogP contribution in [0.15, 0.2) is 11.5 Å². The van der Waals surface area contributed by atoms with E-state index in [2.05, 4.69) is 34.3 Å². The van der Waals surface area contributed by atoms with Crippen molar-refractivity contribution in [2.75, 3.05) is 5.75 Å². The zero-order chi connectivity index (χ0) is 15.2. The quantitative estimate of drug-likeness (QED) is 0.790. The third kappa shape index (κ3) is 7.37. The summed E-state index contributed by atoms with van der Waals surface area (Å²) in [5, 5.41) is 10.3. The van der Waals surface area contributed by atoms with Gasteiger partial charge in [-0.15, -0.1) is 0 Å². The minimum Gasteiger partial charge on any atom is -0.444 e. The first kappa shape index (κ1) is 16.8. The maximum Gasteiger partial charge on any atom is 0.407 e. The van der Waals surface area contributed by atoms with Gasteiger partial charge < -0.3 is 10.1 Å². The molecule has 0 radical (unpaired) electrons. The smallest absolute Gasteiger partial charge is 0.407 e. The lowest BCUT2D eigenvalue weighted by Crippen LogP contribution is -2.41. The van der Waals surface area contributed by atoms with Crippen LogP contribution in [0.2, 0.25) is 0 Å². The van der Waals surface area contributed by atoms with Gasteiger partial charge in [0.1, 0.15) is 11.9 Å². The summed E-state index contributed by atoms with van der Waals surface area (Å²) >= 11 is 1.54.